The summed E-state index contributed by atoms with van der Waals surface area (Å²) in [5.41, 5.74) is 8.75. The number of carbonyl (C=O) groups excluding carboxylic acids is 1. The number of hydrogen-bond acceptors (Lipinski definition) is 4. The highest BCUT2D eigenvalue weighted by Crippen LogP contribution is 2.28. The fourth-order valence-corrected chi connectivity index (χ4v) is 5.40. The molecule has 5 nitrogen and oxygen atoms in total. The monoisotopic (exact) mass is 478 g/mol. The number of benzene rings is 2. The normalized spacial score (nSPS) is 16.7. The second-order valence-corrected chi connectivity index (χ2v) is 11.2. The van der Waals surface area contributed by atoms with Crippen molar-refractivity contribution < 1.29 is 13.2 Å². The molecule has 0 aromatic heterocycles. The smallest absolute Gasteiger partial charge is 0.243 e. The SMILES string of the molecule is CC(C)c1ccc(CC(=O)C2(N)CCN(S(=O)(=O)c3ccc(C(C)C)cc3)CC2)cc1.Cl. The van der Waals surface area contributed by atoms with Gasteiger partial charge in [-0.1, -0.05) is 64.1 Å². The van der Waals surface area contributed by atoms with Crippen LogP contribution in [0.4, 0.5) is 0 Å². The summed E-state index contributed by atoms with van der Waals surface area (Å²) >= 11 is 0. The van der Waals surface area contributed by atoms with Crippen LogP contribution in [-0.2, 0) is 21.2 Å². The standard InChI is InChI=1S/C25H34N2O3S.ClH/c1-18(2)21-7-5-20(6-8-21)17-24(28)25(26)13-15-27(16-14-25)31(29,30)23-11-9-22(10-12-23)19(3)4;/h5-12,18-19H,13-17,26H2,1-4H3;1H. The van der Waals surface area contributed by atoms with Crippen molar-refractivity contribution in [3.63, 3.8) is 0 Å². The van der Waals surface area contributed by atoms with E-state index < -0.39 is 15.6 Å². The maximum absolute atomic E-state index is 13.0. The first-order valence-electron chi connectivity index (χ1n) is 11.0. The number of nitrogens with zero attached hydrogens (tertiary/aromatic N) is 1. The van der Waals surface area contributed by atoms with Gasteiger partial charge in [0.25, 0.3) is 0 Å². The van der Waals surface area contributed by atoms with Gasteiger partial charge in [-0.2, -0.15) is 4.31 Å². The van der Waals surface area contributed by atoms with Gasteiger partial charge in [0, 0.05) is 19.5 Å². The maximum Gasteiger partial charge on any atom is 0.243 e. The molecule has 32 heavy (non-hydrogen) atoms. The molecule has 1 heterocycles. The molecule has 0 aliphatic carbocycles. The lowest BCUT2D eigenvalue weighted by molar-refractivity contribution is -0.124. The highest BCUT2D eigenvalue weighted by molar-refractivity contribution is 7.89. The fraction of sp³-hybridized carbons (Fsp3) is 0.480. The molecule has 3 rings (SSSR count). The first kappa shape index (κ1) is 26.5. The Balaban J connectivity index is 0.00000363. The Morgan fingerprint density at radius 2 is 1.34 bits per heavy atom. The van der Waals surface area contributed by atoms with E-state index in [1.54, 1.807) is 12.1 Å². The Bertz CT molecular complexity index is 1010. The molecule has 0 spiro atoms. The first-order chi connectivity index (χ1) is 14.5. The van der Waals surface area contributed by atoms with Crippen molar-refractivity contribution in [3.8, 4) is 0 Å². The Hall–Kier alpha value is -1.73. The molecule has 0 saturated carbocycles. The molecule has 2 N–H and O–H groups in total. The zero-order valence-electron chi connectivity index (χ0n) is 19.4. The third kappa shape index (κ3) is 5.79. The van der Waals surface area contributed by atoms with Gasteiger partial charge >= 0.3 is 0 Å². The average molecular weight is 479 g/mol. The minimum absolute atomic E-state index is 0. The zero-order valence-corrected chi connectivity index (χ0v) is 21.0. The summed E-state index contributed by atoms with van der Waals surface area (Å²) in [6.07, 6.45) is 0.941. The minimum atomic E-state index is -3.59. The second kappa shape index (κ2) is 10.5. The predicted molar refractivity (Wildman–Crippen MR) is 132 cm³/mol. The molecule has 0 unspecified atom stereocenters. The van der Waals surface area contributed by atoms with Crippen molar-refractivity contribution in [1.29, 1.82) is 0 Å². The van der Waals surface area contributed by atoms with Gasteiger partial charge in [-0.25, -0.2) is 8.42 Å². The number of Topliss-reactive ketones (excluding diaryl/α,β-unsaturated/α-hetero) is 1. The fourth-order valence-electron chi connectivity index (χ4n) is 3.96. The first-order valence-corrected chi connectivity index (χ1v) is 12.5. The number of nitrogens with two attached hydrogens (primary N) is 1. The van der Waals surface area contributed by atoms with Crippen molar-refractivity contribution >= 4 is 28.2 Å². The van der Waals surface area contributed by atoms with Crippen LogP contribution >= 0.6 is 12.4 Å². The Morgan fingerprint density at radius 3 is 1.78 bits per heavy atom. The van der Waals surface area contributed by atoms with Gasteiger partial charge in [-0.3, -0.25) is 4.79 Å². The van der Waals surface area contributed by atoms with Crippen molar-refractivity contribution in [2.75, 3.05) is 13.1 Å². The Morgan fingerprint density at radius 1 is 0.906 bits per heavy atom. The van der Waals surface area contributed by atoms with Gasteiger partial charge in [0.05, 0.1) is 10.4 Å². The zero-order chi connectivity index (χ0) is 22.8. The molecular formula is C25H35ClN2O3S. The summed E-state index contributed by atoms with van der Waals surface area (Å²) in [4.78, 5) is 13.2. The third-order valence-electron chi connectivity index (χ3n) is 6.37. The van der Waals surface area contributed by atoms with E-state index in [1.165, 1.54) is 9.87 Å². The van der Waals surface area contributed by atoms with Crippen LogP contribution in [0, 0.1) is 0 Å². The Labute approximate surface area is 198 Å². The van der Waals surface area contributed by atoms with Gasteiger partial charge in [0.1, 0.15) is 0 Å². The summed E-state index contributed by atoms with van der Waals surface area (Å²) < 4.78 is 27.5. The van der Waals surface area contributed by atoms with Gasteiger partial charge in [-0.05, 0) is 53.5 Å². The van der Waals surface area contributed by atoms with Crippen LogP contribution in [0.1, 0.15) is 69.1 Å². The molecule has 176 valence electrons. The summed E-state index contributed by atoms with van der Waals surface area (Å²) in [7, 11) is -3.59. The number of rotatable bonds is 7. The van der Waals surface area contributed by atoms with Crippen molar-refractivity contribution in [3.05, 3.63) is 65.2 Å². The van der Waals surface area contributed by atoms with E-state index in [1.807, 2.05) is 24.3 Å². The molecule has 0 atom stereocenters. The van der Waals surface area contributed by atoms with Gasteiger partial charge in [0.2, 0.25) is 10.0 Å². The minimum Gasteiger partial charge on any atom is -0.319 e. The summed E-state index contributed by atoms with van der Waals surface area (Å²) in [5.74, 6) is 0.763. The highest BCUT2D eigenvalue weighted by Gasteiger charge is 2.40. The molecule has 7 heteroatoms. The van der Waals surface area contributed by atoms with Crippen LogP contribution in [0.2, 0.25) is 0 Å². The lowest BCUT2D eigenvalue weighted by Gasteiger charge is -2.37. The van der Waals surface area contributed by atoms with Gasteiger partial charge < -0.3 is 5.73 Å². The molecule has 1 aliphatic heterocycles. The van der Waals surface area contributed by atoms with Crippen LogP contribution in [0.25, 0.3) is 0 Å². The Kier molecular flexibility index (Phi) is 8.68. The molecular weight excluding hydrogens is 444 g/mol. The molecule has 1 fully saturated rings. The topological polar surface area (TPSA) is 80.5 Å². The molecule has 2 aromatic rings. The van der Waals surface area contributed by atoms with Crippen LogP contribution in [0.5, 0.6) is 0 Å². The number of piperidine rings is 1. The van der Waals surface area contributed by atoms with E-state index >= 15 is 0 Å². The summed E-state index contributed by atoms with van der Waals surface area (Å²) in [6.45, 7) is 8.92. The second-order valence-electron chi connectivity index (χ2n) is 9.28. The van der Waals surface area contributed by atoms with E-state index in [2.05, 4.69) is 39.8 Å². The largest absolute Gasteiger partial charge is 0.319 e. The van der Waals surface area contributed by atoms with E-state index in [9.17, 15) is 13.2 Å². The van der Waals surface area contributed by atoms with Crippen LogP contribution in [0.3, 0.4) is 0 Å². The van der Waals surface area contributed by atoms with Crippen molar-refractivity contribution in [1.82, 2.24) is 4.31 Å². The molecule has 1 aliphatic rings. The number of carbonyl (C=O) groups is 1. The number of halogens is 1. The lowest BCUT2D eigenvalue weighted by Crippen LogP contribution is -2.56. The summed E-state index contributed by atoms with van der Waals surface area (Å²) in [5, 5.41) is 0. The lowest BCUT2D eigenvalue weighted by atomic mass is 9.82. The number of sulfonamides is 1. The van der Waals surface area contributed by atoms with Gasteiger partial charge in [-0.15, -0.1) is 12.4 Å². The number of hydrogen-bond donors (Lipinski definition) is 1. The average Bonchev–Trinajstić information content (AvgIpc) is 2.74. The van der Waals surface area contributed by atoms with E-state index in [-0.39, 0.29) is 42.6 Å². The van der Waals surface area contributed by atoms with Crippen LogP contribution < -0.4 is 5.73 Å². The molecule has 1 saturated heterocycles. The molecule has 0 bridgehead atoms. The van der Waals surface area contributed by atoms with Crippen molar-refractivity contribution in [2.45, 2.75) is 69.2 Å². The van der Waals surface area contributed by atoms with Crippen molar-refractivity contribution in [2.24, 2.45) is 5.73 Å². The van der Waals surface area contributed by atoms with E-state index in [0.29, 0.717) is 24.7 Å². The highest BCUT2D eigenvalue weighted by atomic mass is 35.5. The van der Waals surface area contributed by atoms with E-state index in [4.69, 9.17) is 5.73 Å². The quantitative estimate of drug-likeness (QED) is 0.628. The van der Waals surface area contributed by atoms with Crippen LogP contribution in [-0.4, -0.2) is 37.1 Å². The van der Waals surface area contributed by atoms with Gasteiger partial charge in [0.15, 0.2) is 5.78 Å². The molecule has 0 radical (unpaired) electrons. The maximum atomic E-state index is 13.0. The summed E-state index contributed by atoms with van der Waals surface area (Å²) in [6, 6.07) is 15.1. The molecule has 2 aromatic carbocycles. The third-order valence-corrected chi connectivity index (χ3v) is 8.28. The predicted octanol–water partition coefficient (Wildman–Crippen LogP) is 4.65. The van der Waals surface area contributed by atoms with Crippen LogP contribution in [0.15, 0.2) is 53.4 Å². The molecule has 0 amide bonds. The number of ketones is 1. The van der Waals surface area contributed by atoms with E-state index in [0.717, 1.165) is 11.1 Å².